The number of carbonyl (C=O) groups is 1. The van der Waals surface area contributed by atoms with E-state index in [1.165, 1.54) is 4.88 Å². The topological polar surface area (TPSA) is 54.5 Å². The summed E-state index contributed by atoms with van der Waals surface area (Å²) < 4.78 is 5.91. The Morgan fingerprint density at radius 2 is 2.11 bits per heavy atom. The summed E-state index contributed by atoms with van der Waals surface area (Å²) in [4.78, 5) is 20.6. The molecule has 2 aromatic carbocycles. The van der Waals surface area contributed by atoms with E-state index in [-0.39, 0.29) is 5.91 Å². The molecule has 0 unspecified atom stereocenters. The number of nitrogens with one attached hydrogen (secondary N) is 1. The van der Waals surface area contributed by atoms with Gasteiger partial charge in [0.25, 0.3) is 5.91 Å². The number of hydrogen-bond donors (Lipinski definition) is 1. The second-order valence-electron chi connectivity index (χ2n) is 6.91. The molecule has 0 aliphatic carbocycles. The second kappa shape index (κ2) is 8.54. The average Bonchev–Trinajstić information content (AvgIpc) is 3.00. The Morgan fingerprint density at radius 1 is 1.25 bits per heavy atom. The first kappa shape index (κ1) is 18.7. The number of thiazole rings is 1. The highest BCUT2D eigenvalue weighted by atomic mass is 32.1. The Hall–Kier alpha value is -2.70. The van der Waals surface area contributed by atoms with E-state index in [2.05, 4.69) is 15.2 Å². The van der Waals surface area contributed by atoms with Gasteiger partial charge in [-0.3, -0.25) is 9.69 Å². The third kappa shape index (κ3) is 4.40. The Kier molecular flexibility index (Phi) is 5.69. The molecular formula is C22H23N3O2S. The molecule has 3 aromatic rings. The molecule has 0 fully saturated rings. The number of aryl methyl sites for hydroxylation is 1. The summed E-state index contributed by atoms with van der Waals surface area (Å²) in [5.74, 6) is 0.795. The van der Waals surface area contributed by atoms with Crippen LogP contribution in [0.3, 0.4) is 0 Å². The van der Waals surface area contributed by atoms with Gasteiger partial charge in [-0.2, -0.15) is 0 Å². The minimum Gasteiger partial charge on any atom is -0.492 e. The van der Waals surface area contributed by atoms with Crippen molar-refractivity contribution in [3.63, 3.8) is 0 Å². The summed E-state index contributed by atoms with van der Waals surface area (Å²) >= 11 is 1.69. The molecule has 1 aliphatic rings. The highest BCUT2D eigenvalue weighted by Gasteiger charge is 2.18. The predicted molar refractivity (Wildman–Crippen MR) is 111 cm³/mol. The molecule has 1 aliphatic heterocycles. The van der Waals surface area contributed by atoms with Crippen LogP contribution in [-0.2, 0) is 19.6 Å². The van der Waals surface area contributed by atoms with Crippen LogP contribution in [0.5, 0.6) is 5.75 Å². The molecule has 0 saturated heterocycles. The first-order valence-corrected chi connectivity index (χ1v) is 10.3. The highest BCUT2D eigenvalue weighted by molar-refractivity contribution is 7.09. The molecule has 4 rings (SSSR count). The van der Waals surface area contributed by atoms with Crippen LogP contribution in [0, 0.1) is 6.92 Å². The Balaban J connectivity index is 1.45. The zero-order valence-corrected chi connectivity index (χ0v) is 16.7. The normalized spacial score (nSPS) is 14.0. The molecule has 0 radical (unpaired) electrons. The summed E-state index contributed by atoms with van der Waals surface area (Å²) in [6, 6.07) is 15.6. The van der Waals surface area contributed by atoms with E-state index in [0.717, 1.165) is 42.2 Å². The van der Waals surface area contributed by atoms with Crippen LogP contribution in [-0.4, -0.2) is 28.9 Å². The second-order valence-corrected chi connectivity index (χ2v) is 7.85. The van der Waals surface area contributed by atoms with Gasteiger partial charge in [0, 0.05) is 42.2 Å². The molecule has 2 heterocycles. The lowest BCUT2D eigenvalue weighted by atomic mass is 10.1. The van der Waals surface area contributed by atoms with E-state index in [1.807, 2.05) is 61.0 Å². The van der Waals surface area contributed by atoms with Crippen molar-refractivity contribution >= 4 is 17.2 Å². The van der Waals surface area contributed by atoms with Crippen molar-refractivity contribution in [2.75, 3.05) is 13.2 Å². The summed E-state index contributed by atoms with van der Waals surface area (Å²) in [5, 5.41) is 2.99. The lowest BCUT2D eigenvalue weighted by Crippen LogP contribution is -2.25. The van der Waals surface area contributed by atoms with Gasteiger partial charge in [-0.1, -0.05) is 30.3 Å². The Morgan fingerprint density at radius 3 is 2.89 bits per heavy atom. The molecule has 144 valence electrons. The van der Waals surface area contributed by atoms with E-state index < -0.39 is 0 Å². The van der Waals surface area contributed by atoms with Gasteiger partial charge in [0.2, 0.25) is 0 Å². The fourth-order valence-corrected chi connectivity index (χ4v) is 4.10. The van der Waals surface area contributed by atoms with Crippen LogP contribution >= 0.6 is 11.3 Å². The Labute approximate surface area is 169 Å². The number of amides is 1. The SMILES string of the molecule is Cc1ncsc1CN1CCOc2ccc(C(=O)NCc3ccccc3)cc2C1. The predicted octanol–water partition coefficient (Wildman–Crippen LogP) is 3.78. The highest BCUT2D eigenvalue weighted by Crippen LogP contribution is 2.26. The van der Waals surface area contributed by atoms with Crippen molar-refractivity contribution in [1.82, 2.24) is 15.2 Å². The van der Waals surface area contributed by atoms with Crippen LogP contribution < -0.4 is 10.1 Å². The number of benzene rings is 2. The van der Waals surface area contributed by atoms with E-state index in [0.29, 0.717) is 18.7 Å². The summed E-state index contributed by atoms with van der Waals surface area (Å²) in [5.41, 5.74) is 5.77. The monoisotopic (exact) mass is 393 g/mol. The summed E-state index contributed by atoms with van der Waals surface area (Å²) in [6.07, 6.45) is 0. The van der Waals surface area contributed by atoms with Crippen molar-refractivity contribution in [3.8, 4) is 5.75 Å². The van der Waals surface area contributed by atoms with Gasteiger partial charge in [-0.15, -0.1) is 11.3 Å². The van der Waals surface area contributed by atoms with Crippen LogP contribution in [0.25, 0.3) is 0 Å². The number of nitrogens with zero attached hydrogens (tertiary/aromatic N) is 2. The molecular weight excluding hydrogens is 370 g/mol. The number of fused-ring (bicyclic) bond motifs is 1. The lowest BCUT2D eigenvalue weighted by molar-refractivity contribution is 0.0950. The largest absolute Gasteiger partial charge is 0.492 e. The molecule has 0 atom stereocenters. The van der Waals surface area contributed by atoms with Gasteiger partial charge in [-0.05, 0) is 30.7 Å². The molecule has 0 spiro atoms. The van der Waals surface area contributed by atoms with Crippen LogP contribution in [0.1, 0.15) is 32.1 Å². The lowest BCUT2D eigenvalue weighted by Gasteiger charge is -2.18. The van der Waals surface area contributed by atoms with Gasteiger partial charge in [0.1, 0.15) is 12.4 Å². The van der Waals surface area contributed by atoms with E-state index in [9.17, 15) is 4.79 Å². The van der Waals surface area contributed by atoms with Crippen LogP contribution in [0.2, 0.25) is 0 Å². The van der Waals surface area contributed by atoms with Crippen molar-refractivity contribution in [2.45, 2.75) is 26.6 Å². The first-order valence-electron chi connectivity index (χ1n) is 9.38. The molecule has 0 saturated carbocycles. The number of rotatable bonds is 5. The van der Waals surface area contributed by atoms with Crippen molar-refractivity contribution in [3.05, 3.63) is 81.3 Å². The fraction of sp³-hybridized carbons (Fsp3) is 0.273. The number of carbonyl (C=O) groups excluding carboxylic acids is 1. The molecule has 1 amide bonds. The zero-order valence-electron chi connectivity index (χ0n) is 15.9. The minimum atomic E-state index is -0.0687. The van der Waals surface area contributed by atoms with E-state index >= 15 is 0 Å². The fourth-order valence-electron chi connectivity index (χ4n) is 3.29. The van der Waals surface area contributed by atoms with Crippen molar-refractivity contribution in [1.29, 1.82) is 0 Å². The molecule has 1 aromatic heterocycles. The van der Waals surface area contributed by atoms with Gasteiger partial charge in [-0.25, -0.2) is 4.98 Å². The third-order valence-corrected chi connectivity index (χ3v) is 5.81. The number of hydrogen-bond acceptors (Lipinski definition) is 5. The van der Waals surface area contributed by atoms with Crippen molar-refractivity contribution < 1.29 is 9.53 Å². The first-order chi connectivity index (χ1) is 13.7. The average molecular weight is 394 g/mol. The van der Waals surface area contributed by atoms with Crippen LogP contribution in [0.4, 0.5) is 0 Å². The maximum atomic E-state index is 12.6. The van der Waals surface area contributed by atoms with E-state index in [4.69, 9.17) is 4.74 Å². The molecule has 5 nitrogen and oxygen atoms in total. The molecule has 28 heavy (non-hydrogen) atoms. The smallest absolute Gasteiger partial charge is 0.251 e. The van der Waals surface area contributed by atoms with Gasteiger partial charge < -0.3 is 10.1 Å². The maximum absolute atomic E-state index is 12.6. The third-order valence-electron chi connectivity index (χ3n) is 4.89. The Bertz CT molecular complexity index is 955. The molecule has 1 N–H and O–H groups in total. The maximum Gasteiger partial charge on any atom is 0.251 e. The van der Waals surface area contributed by atoms with Gasteiger partial charge >= 0.3 is 0 Å². The van der Waals surface area contributed by atoms with Gasteiger partial charge in [0.15, 0.2) is 0 Å². The number of ether oxygens (including phenoxy) is 1. The van der Waals surface area contributed by atoms with E-state index in [1.54, 1.807) is 11.3 Å². The minimum absolute atomic E-state index is 0.0687. The molecule has 6 heteroatoms. The van der Waals surface area contributed by atoms with Crippen molar-refractivity contribution in [2.24, 2.45) is 0 Å². The van der Waals surface area contributed by atoms with Gasteiger partial charge in [0.05, 0.1) is 11.2 Å². The van der Waals surface area contributed by atoms with Crippen LogP contribution in [0.15, 0.2) is 54.0 Å². The standard InChI is InChI=1S/C22H23N3O2S/c1-16-21(28-15-24-16)14-25-9-10-27-20-8-7-18(11-19(20)13-25)22(26)23-12-17-5-3-2-4-6-17/h2-8,11,15H,9-10,12-14H2,1H3,(H,23,26). The number of aromatic nitrogens is 1. The quantitative estimate of drug-likeness (QED) is 0.717. The zero-order chi connectivity index (χ0) is 19.3. The summed E-state index contributed by atoms with van der Waals surface area (Å²) in [7, 11) is 0. The summed E-state index contributed by atoms with van der Waals surface area (Å²) in [6.45, 7) is 5.66. The molecule has 0 bridgehead atoms.